The molecule has 11 nitrogen and oxygen atoms in total. The summed E-state index contributed by atoms with van der Waals surface area (Å²) in [6, 6.07) is 5.45. The van der Waals surface area contributed by atoms with Crippen LogP contribution in [0.4, 0.5) is 5.95 Å². The SMILES string of the molecule is COc1cccc(OC)c1-n1c(N[S+]([O-])C(C)C(OC)c2ncc(Cl)cn2)nnc1C1CCOC1. The van der Waals surface area contributed by atoms with Crippen molar-refractivity contribution in [3.05, 3.63) is 47.3 Å². The minimum absolute atomic E-state index is 0.00715. The van der Waals surface area contributed by atoms with Crippen LogP contribution in [-0.2, 0) is 20.8 Å². The molecule has 0 bridgehead atoms. The zero-order valence-corrected chi connectivity index (χ0v) is 21.4. The zero-order chi connectivity index (χ0) is 24.9. The normalized spacial score (nSPS) is 18.2. The van der Waals surface area contributed by atoms with Crippen molar-refractivity contribution in [1.82, 2.24) is 24.7 Å². The smallest absolute Gasteiger partial charge is 0.271 e. The van der Waals surface area contributed by atoms with Crippen LogP contribution in [0.5, 0.6) is 11.5 Å². The molecule has 0 radical (unpaired) electrons. The lowest BCUT2D eigenvalue weighted by Crippen LogP contribution is -2.33. The summed E-state index contributed by atoms with van der Waals surface area (Å²) in [5, 5.41) is 8.61. The molecule has 1 saturated heterocycles. The van der Waals surface area contributed by atoms with E-state index in [4.69, 9.17) is 30.5 Å². The highest BCUT2D eigenvalue weighted by atomic mass is 35.5. The van der Waals surface area contributed by atoms with Crippen molar-refractivity contribution in [3.63, 3.8) is 0 Å². The lowest BCUT2D eigenvalue weighted by atomic mass is 10.1. The Bertz CT molecular complexity index is 1110. The van der Waals surface area contributed by atoms with E-state index >= 15 is 0 Å². The van der Waals surface area contributed by atoms with Crippen molar-refractivity contribution >= 4 is 28.9 Å². The van der Waals surface area contributed by atoms with Gasteiger partial charge in [0, 0.05) is 32.0 Å². The molecule has 1 aromatic carbocycles. The third-order valence-electron chi connectivity index (χ3n) is 5.71. The highest BCUT2D eigenvalue weighted by Gasteiger charge is 2.35. The predicted molar refractivity (Wildman–Crippen MR) is 131 cm³/mol. The number of benzene rings is 1. The van der Waals surface area contributed by atoms with Crippen LogP contribution in [0.15, 0.2) is 30.6 Å². The van der Waals surface area contributed by atoms with Crippen LogP contribution < -0.4 is 14.2 Å². The number of anilines is 1. The molecule has 4 atom stereocenters. The van der Waals surface area contributed by atoms with E-state index < -0.39 is 22.7 Å². The summed E-state index contributed by atoms with van der Waals surface area (Å²) in [7, 11) is 4.66. The van der Waals surface area contributed by atoms with E-state index in [9.17, 15) is 4.55 Å². The van der Waals surface area contributed by atoms with Gasteiger partial charge in [-0.15, -0.1) is 10.2 Å². The number of rotatable bonds is 10. The van der Waals surface area contributed by atoms with Gasteiger partial charge in [0.15, 0.2) is 17.2 Å². The van der Waals surface area contributed by atoms with Crippen LogP contribution in [0.25, 0.3) is 5.69 Å². The Balaban J connectivity index is 1.71. The van der Waals surface area contributed by atoms with Crippen molar-refractivity contribution in [2.24, 2.45) is 0 Å². The van der Waals surface area contributed by atoms with Gasteiger partial charge < -0.3 is 23.5 Å². The quantitative estimate of drug-likeness (QED) is 0.396. The first kappa shape index (κ1) is 25.5. The fourth-order valence-electron chi connectivity index (χ4n) is 3.91. The Morgan fingerprint density at radius 2 is 1.86 bits per heavy atom. The maximum atomic E-state index is 13.4. The molecule has 0 amide bonds. The van der Waals surface area contributed by atoms with Gasteiger partial charge >= 0.3 is 0 Å². The number of ether oxygens (including phenoxy) is 4. The van der Waals surface area contributed by atoms with Crippen molar-refractivity contribution < 1.29 is 23.5 Å². The Hall–Kier alpha value is -2.64. The van der Waals surface area contributed by atoms with Gasteiger partial charge in [-0.3, -0.25) is 4.57 Å². The minimum Gasteiger partial charge on any atom is -0.593 e. The summed E-state index contributed by atoms with van der Waals surface area (Å²) in [6.45, 7) is 2.91. The van der Waals surface area contributed by atoms with Gasteiger partial charge in [0.2, 0.25) is 0 Å². The van der Waals surface area contributed by atoms with Crippen LogP contribution in [0.2, 0.25) is 5.02 Å². The van der Waals surface area contributed by atoms with Crippen LogP contribution in [0.3, 0.4) is 0 Å². The van der Waals surface area contributed by atoms with Gasteiger partial charge in [-0.05, 0) is 25.5 Å². The van der Waals surface area contributed by atoms with Gasteiger partial charge in [-0.25, -0.2) is 9.97 Å². The van der Waals surface area contributed by atoms with E-state index in [0.717, 1.165) is 6.42 Å². The average Bonchev–Trinajstić information content (AvgIpc) is 3.55. The molecule has 0 aliphatic carbocycles. The Morgan fingerprint density at radius 1 is 1.17 bits per heavy atom. The van der Waals surface area contributed by atoms with E-state index in [1.165, 1.54) is 19.5 Å². The van der Waals surface area contributed by atoms with Crippen LogP contribution >= 0.6 is 11.6 Å². The average molecular weight is 523 g/mol. The van der Waals surface area contributed by atoms with Crippen LogP contribution in [0, 0.1) is 0 Å². The topological polar surface area (TPSA) is 128 Å². The van der Waals surface area contributed by atoms with E-state index in [-0.39, 0.29) is 11.9 Å². The third kappa shape index (κ3) is 5.31. The second kappa shape index (κ2) is 11.4. The van der Waals surface area contributed by atoms with Crippen LogP contribution in [0.1, 0.15) is 37.0 Å². The first-order valence-electron chi connectivity index (χ1n) is 10.9. The highest BCUT2D eigenvalue weighted by molar-refractivity contribution is 7.93. The van der Waals surface area contributed by atoms with E-state index in [0.29, 0.717) is 47.1 Å². The highest BCUT2D eigenvalue weighted by Crippen LogP contribution is 2.38. The number of aromatic nitrogens is 5. The molecular formula is C22H27ClN6O5S. The van der Waals surface area contributed by atoms with Crippen LogP contribution in [-0.4, -0.2) is 69.1 Å². The first-order chi connectivity index (χ1) is 17.0. The molecule has 4 rings (SSSR count). The predicted octanol–water partition coefficient (Wildman–Crippen LogP) is 3.08. The molecule has 0 spiro atoms. The molecule has 4 unspecified atom stereocenters. The van der Waals surface area contributed by atoms with Gasteiger partial charge in [-0.2, -0.15) is 4.72 Å². The third-order valence-corrected chi connectivity index (χ3v) is 7.21. The second-order valence-electron chi connectivity index (χ2n) is 7.81. The zero-order valence-electron chi connectivity index (χ0n) is 19.8. The molecule has 188 valence electrons. The largest absolute Gasteiger partial charge is 0.593 e. The van der Waals surface area contributed by atoms with Gasteiger partial charge in [0.25, 0.3) is 5.95 Å². The molecule has 3 aromatic rings. The molecule has 3 heterocycles. The Kier molecular flexibility index (Phi) is 8.29. The standard InChI is InChI=1S/C22H27ClN6O5S/c1-13(19(33-4)20-24-10-15(23)11-25-20)35(30)28-22-27-26-21(14-8-9-34-12-14)29(22)18-16(31-2)6-5-7-17(18)32-3/h5-7,10-11,13-14,19H,8-9,12H2,1-4H3,(H,27,28). The van der Waals surface area contributed by atoms with E-state index in [1.807, 2.05) is 18.2 Å². The monoisotopic (exact) mass is 522 g/mol. The number of para-hydroxylation sites is 1. The number of halogens is 1. The lowest BCUT2D eigenvalue weighted by Gasteiger charge is -2.24. The number of nitrogens with zero attached hydrogens (tertiary/aromatic N) is 5. The molecule has 1 fully saturated rings. The summed E-state index contributed by atoms with van der Waals surface area (Å²) in [5.41, 5.74) is 0.598. The maximum Gasteiger partial charge on any atom is 0.271 e. The molecule has 35 heavy (non-hydrogen) atoms. The number of nitrogens with one attached hydrogen (secondary N) is 1. The van der Waals surface area contributed by atoms with Gasteiger partial charge in [0.1, 0.15) is 23.0 Å². The molecule has 13 heteroatoms. The molecular weight excluding hydrogens is 496 g/mol. The molecule has 2 aromatic heterocycles. The number of hydrogen-bond donors (Lipinski definition) is 1. The molecule has 1 aliphatic rings. The first-order valence-corrected chi connectivity index (χ1v) is 12.5. The Morgan fingerprint density at radius 3 is 2.43 bits per heavy atom. The molecule has 1 N–H and O–H groups in total. The Labute approximate surface area is 211 Å². The van der Waals surface area contributed by atoms with Crippen molar-refractivity contribution in [2.45, 2.75) is 30.6 Å². The van der Waals surface area contributed by atoms with Gasteiger partial charge in [-0.1, -0.05) is 17.7 Å². The molecule has 1 aliphatic heterocycles. The second-order valence-corrected chi connectivity index (χ2v) is 9.79. The number of hydrogen-bond acceptors (Lipinski definition) is 10. The summed E-state index contributed by atoms with van der Waals surface area (Å²) in [6.07, 6.45) is 3.08. The van der Waals surface area contributed by atoms with E-state index in [1.54, 1.807) is 25.7 Å². The summed E-state index contributed by atoms with van der Waals surface area (Å²) >= 11 is 4.24. The van der Waals surface area contributed by atoms with E-state index in [2.05, 4.69) is 24.9 Å². The van der Waals surface area contributed by atoms with Gasteiger partial charge in [0.05, 0.1) is 37.2 Å². The lowest BCUT2D eigenvalue weighted by molar-refractivity contribution is 0.0950. The summed E-state index contributed by atoms with van der Waals surface area (Å²) in [4.78, 5) is 8.43. The minimum atomic E-state index is -1.67. The van der Waals surface area contributed by atoms with Crippen molar-refractivity contribution in [1.29, 1.82) is 0 Å². The summed E-state index contributed by atoms with van der Waals surface area (Å²) in [5.74, 6) is 2.41. The van der Waals surface area contributed by atoms with Crippen molar-refractivity contribution in [3.8, 4) is 17.2 Å². The fourth-order valence-corrected chi connectivity index (χ4v) is 4.96. The van der Waals surface area contributed by atoms with Crippen molar-refractivity contribution in [2.75, 3.05) is 39.3 Å². The molecule has 0 saturated carbocycles. The summed E-state index contributed by atoms with van der Waals surface area (Å²) < 4.78 is 40.6. The maximum absolute atomic E-state index is 13.4. The fraction of sp³-hybridized carbons (Fsp3) is 0.455. The number of methoxy groups -OCH3 is 3.